The Morgan fingerprint density at radius 1 is 1.03 bits per heavy atom. The predicted octanol–water partition coefficient (Wildman–Crippen LogP) is 2.80. The largest absolute Gasteiger partial charge is 1.00 e. The third-order valence-electron chi connectivity index (χ3n) is 5.39. The van der Waals surface area contributed by atoms with Crippen LogP contribution in [0, 0.1) is 0 Å². The minimum absolute atomic E-state index is 0. The van der Waals surface area contributed by atoms with Gasteiger partial charge in [-0.1, -0.05) is 41.9 Å². The van der Waals surface area contributed by atoms with E-state index < -0.39 is 23.4 Å². The molecule has 0 bridgehead atoms. The van der Waals surface area contributed by atoms with Gasteiger partial charge in [0.15, 0.2) is 0 Å². The number of aromatic nitrogens is 1. The standard InChI is InChI=1S/C25H19ClF3NO3.Na/c26-17-9-10-23(33-14-15-5-2-1-3-6-15)20(13-17)18-7-4-8-19(18)21-11-16(25(27,28)29)12-22(30-21)24(31)32;/h1-3,5-6,9-13H,4,7-8,14H2,(H,31,32);/q;+1/p-1. The number of ether oxygens (including phenoxy) is 1. The SMILES string of the molecule is O=C([O-])c1cc(C(F)(F)F)cc(C2=C(c3cc(Cl)ccc3OCc3ccccc3)CCC2)n1.[Na+]. The smallest absolute Gasteiger partial charge is 0.543 e. The third-order valence-corrected chi connectivity index (χ3v) is 5.63. The van der Waals surface area contributed by atoms with E-state index in [0.717, 1.165) is 17.2 Å². The molecule has 1 heterocycles. The van der Waals surface area contributed by atoms with Crippen molar-refractivity contribution in [3.05, 3.63) is 93.8 Å². The van der Waals surface area contributed by atoms with Gasteiger partial charge in [-0.05, 0) is 66.3 Å². The minimum Gasteiger partial charge on any atom is -0.543 e. The zero-order valence-electron chi connectivity index (χ0n) is 18.3. The van der Waals surface area contributed by atoms with Gasteiger partial charge in [-0.2, -0.15) is 13.2 Å². The van der Waals surface area contributed by atoms with Gasteiger partial charge in [0, 0.05) is 10.6 Å². The molecule has 0 spiro atoms. The van der Waals surface area contributed by atoms with Crippen molar-refractivity contribution in [1.82, 2.24) is 4.98 Å². The van der Waals surface area contributed by atoms with Crippen LogP contribution >= 0.6 is 11.6 Å². The van der Waals surface area contributed by atoms with Crippen molar-refractivity contribution in [2.45, 2.75) is 32.0 Å². The second-order valence-electron chi connectivity index (χ2n) is 7.64. The van der Waals surface area contributed by atoms with E-state index in [1.54, 1.807) is 18.2 Å². The zero-order chi connectivity index (χ0) is 23.6. The number of carboxylic acids is 1. The Morgan fingerprint density at radius 2 is 1.74 bits per heavy atom. The summed E-state index contributed by atoms with van der Waals surface area (Å²) in [5.74, 6) is -1.23. The molecule has 4 rings (SSSR count). The molecule has 0 saturated carbocycles. The zero-order valence-corrected chi connectivity index (χ0v) is 21.0. The normalized spacial score (nSPS) is 13.5. The topological polar surface area (TPSA) is 62.2 Å². The van der Waals surface area contributed by atoms with E-state index in [1.165, 1.54) is 0 Å². The van der Waals surface area contributed by atoms with Crippen LogP contribution in [0.5, 0.6) is 5.75 Å². The van der Waals surface area contributed by atoms with E-state index in [0.29, 0.717) is 53.8 Å². The summed E-state index contributed by atoms with van der Waals surface area (Å²) in [7, 11) is 0. The second-order valence-corrected chi connectivity index (χ2v) is 8.07. The molecular formula is C25H18ClF3NNaO3. The Morgan fingerprint density at radius 3 is 2.41 bits per heavy atom. The number of alkyl halides is 3. The number of pyridine rings is 1. The maximum absolute atomic E-state index is 13.4. The molecule has 170 valence electrons. The molecular weight excluding hydrogens is 478 g/mol. The third kappa shape index (κ3) is 6.02. The fourth-order valence-electron chi connectivity index (χ4n) is 3.88. The summed E-state index contributed by atoms with van der Waals surface area (Å²) in [6, 6.07) is 16.0. The van der Waals surface area contributed by atoms with Crippen molar-refractivity contribution in [2.75, 3.05) is 0 Å². The molecule has 2 aromatic carbocycles. The van der Waals surface area contributed by atoms with Crippen LogP contribution in [-0.2, 0) is 12.8 Å². The summed E-state index contributed by atoms with van der Waals surface area (Å²) in [6.45, 7) is 0.300. The first-order chi connectivity index (χ1) is 15.7. The molecule has 1 aliphatic carbocycles. The monoisotopic (exact) mass is 495 g/mol. The van der Waals surface area contributed by atoms with Gasteiger partial charge in [-0.25, -0.2) is 4.98 Å². The summed E-state index contributed by atoms with van der Waals surface area (Å²) in [5, 5.41) is 11.8. The fourth-order valence-corrected chi connectivity index (χ4v) is 4.05. The molecule has 1 aliphatic rings. The Balaban J connectivity index is 0.00000324. The summed E-state index contributed by atoms with van der Waals surface area (Å²) < 4.78 is 46.2. The van der Waals surface area contributed by atoms with Crippen molar-refractivity contribution < 1.29 is 57.4 Å². The van der Waals surface area contributed by atoms with Crippen molar-refractivity contribution in [1.29, 1.82) is 0 Å². The second kappa shape index (κ2) is 11.0. The fraction of sp³-hybridized carbons (Fsp3) is 0.200. The summed E-state index contributed by atoms with van der Waals surface area (Å²) >= 11 is 6.23. The first-order valence-electron chi connectivity index (χ1n) is 10.2. The molecule has 34 heavy (non-hydrogen) atoms. The van der Waals surface area contributed by atoms with Gasteiger partial charge in [0.1, 0.15) is 12.4 Å². The first kappa shape index (κ1) is 26.3. The number of carbonyl (C=O) groups excluding carboxylic acids is 1. The van der Waals surface area contributed by atoms with Crippen molar-refractivity contribution in [3.63, 3.8) is 0 Å². The quantitative estimate of drug-likeness (QED) is 0.493. The van der Waals surface area contributed by atoms with Gasteiger partial charge in [0.25, 0.3) is 0 Å². The summed E-state index contributed by atoms with van der Waals surface area (Å²) in [5.41, 5.74) is 0.997. The minimum atomic E-state index is -4.72. The van der Waals surface area contributed by atoms with Crippen LogP contribution in [0.1, 0.15) is 52.1 Å². The number of hydrogen-bond donors (Lipinski definition) is 0. The number of carboxylic acid groups (broad SMARTS) is 1. The summed E-state index contributed by atoms with van der Waals surface area (Å²) in [4.78, 5) is 15.3. The Labute approximate surface area is 221 Å². The van der Waals surface area contributed by atoms with Gasteiger partial charge in [-0.15, -0.1) is 0 Å². The number of carbonyl (C=O) groups is 1. The van der Waals surface area contributed by atoms with Crippen LogP contribution in [0.3, 0.4) is 0 Å². The van der Waals surface area contributed by atoms with E-state index in [2.05, 4.69) is 4.98 Å². The number of hydrogen-bond acceptors (Lipinski definition) is 4. The van der Waals surface area contributed by atoms with Gasteiger partial charge in [0.05, 0.1) is 22.9 Å². The van der Waals surface area contributed by atoms with Crippen molar-refractivity contribution >= 4 is 28.7 Å². The molecule has 0 atom stereocenters. The molecule has 1 aromatic heterocycles. The van der Waals surface area contributed by atoms with E-state index in [4.69, 9.17) is 16.3 Å². The molecule has 0 radical (unpaired) electrons. The average molecular weight is 496 g/mol. The Bertz CT molecular complexity index is 1230. The number of benzene rings is 2. The molecule has 0 N–H and O–H groups in total. The molecule has 3 aromatic rings. The van der Waals surface area contributed by atoms with Crippen molar-refractivity contribution in [2.24, 2.45) is 0 Å². The van der Waals surface area contributed by atoms with Crippen molar-refractivity contribution in [3.8, 4) is 5.75 Å². The van der Waals surface area contributed by atoms with Gasteiger partial charge >= 0.3 is 35.7 Å². The Kier molecular flexibility index (Phi) is 8.47. The molecule has 4 nitrogen and oxygen atoms in total. The molecule has 0 unspecified atom stereocenters. The van der Waals surface area contributed by atoms with Crippen LogP contribution in [0.4, 0.5) is 13.2 Å². The Hall–Kier alpha value is -2.32. The molecule has 0 fully saturated rings. The molecule has 0 amide bonds. The maximum atomic E-state index is 13.4. The van der Waals surface area contributed by atoms with E-state index in [1.807, 2.05) is 30.3 Å². The van der Waals surface area contributed by atoms with Gasteiger partial charge in [-0.3, -0.25) is 0 Å². The predicted molar refractivity (Wildman–Crippen MR) is 116 cm³/mol. The number of rotatable bonds is 6. The number of aromatic carboxylic acids is 1. The van der Waals surface area contributed by atoms with E-state index >= 15 is 0 Å². The van der Waals surface area contributed by atoms with Crippen LogP contribution in [0.2, 0.25) is 5.02 Å². The van der Waals surface area contributed by atoms with Crippen LogP contribution in [-0.4, -0.2) is 11.0 Å². The van der Waals surface area contributed by atoms with Gasteiger partial charge < -0.3 is 14.6 Å². The van der Waals surface area contributed by atoms with Gasteiger partial charge in [0.2, 0.25) is 0 Å². The average Bonchev–Trinajstić information content (AvgIpc) is 3.28. The molecule has 0 saturated heterocycles. The molecule has 9 heteroatoms. The number of allylic oxidation sites excluding steroid dienone is 2. The van der Waals surface area contributed by atoms with E-state index in [-0.39, 0.29) is 35.3 Å². The summed E-state index contributed by atoms with van der Waals surface area (Å²) in [6.07, 6.45) is -3.04. The van der Waals surface area contributed by atoms with Crippen LogP contribution in [0.25, 0.3) is 11.1 Å². The number of nitrogens with zero attached hydrogens (tertiary/aromatic N) is 1. The van der Waals surface area contributed by atoms with Crippen LogP contribution < -0.4 is 39.4 Å². The number of halogens is 4. The van der Waals surface area contributed by atoms with E-state index in [9.17, 15) is 23.1 Å². The van der Waals surface area contributed by atoms with Crippen LogP contribution in [0.15, 0.2) is 60.7 Å². The molecule has 0 aliphatic heterocycles. The first-order valence-corrected chi connectivity index (χ1v) is 10.6. The maximum Gasteiger partial charge on any atom is 1.00 e.